The lowest BCUT2D eigenvalue weighted by Gasteiger charge is -2.20. The molecule has 2 heterocycles. The van der Waals surface area contributed by atoms with Crippen molar-refractivity contribution in [2.75, 3.05) is 13.2 Å². The van der Waals surface area contributed by atoms with Crippen molar-refractivity contribution in [2.24, 2.45) is 10.7 Å². The number of hydrogen-bond donors (Lipinski definition) is 1. The fraction of sp³-hybridized carbons (Fsp3) is 0.182. The molecule has 0 spiro atoms. The Morgan fingerprint density at radius 1 is 1.17 bits per heavy atom. The predicted molar refractivity (Wildman–Crippen MR) is 113 cm³/mol. The number of halogens is 3. The van der Waals surface area contributed by atoms with Gasteiger partial charge in [-0.2, -0.15) is 13.2 Å². The maximum Gasteiger partial charge on any atom is 0.416 e. The number of fused-ring (bicyclic) bond motifs is 1. The molecule has 1 aromatic heterocycles. The molecular formula is C22H18F3N3OS. The first kappa shape index (κ1) is 20.2. The summed E-state index contributed by atoms with van der Waals surface area (Å²) in [5.74, 6) is -0.419. The number of nitrogens with zero attached hydrogens (tertiary/aromatic N) is 2. The zero-order chi connectivity index (χ0) is 21.3. The van der Waals surface area contributed by atoms with Crippen LogP contribution in [0.2, 0.25) is 0 Å². The topological polar surface area (TPSA) is 58.7 Å². The molecule has 0 unspecified atom stereocenters. The molecule has 1 amide bonds. The van der Waals surface area contributed by atoms with Gasteiger partial charge in [0.1, 0.15) is 6.67 Å². The Bertz CT molecular complexity index is 1160. The molecule has 0 radical (unpaired) electrons. The van der Waals surface area contributed by atoms with Crippen LogP contribution in [0.15, 0.2) is 65.8 Å². The Hall–Kier alpha value is -3.13. The zero-order valence-corrected chi connectivity index (χ0v) is 16.6. The van der Waals surface area contributed by atoms with Gasteiger partial charge in [0, 0.05) is 27.8 Å². The van der Waals surface area contributed by atoms with Crippen molar-refractivity contribution in [3.63, 3.8) is 0 Å². The monoisotopic (exact) mass is 429 g/mol. The standard InChI is InChI=1S/C22H18F3N3OS/c23-22(24,25)16-5-1-3-14(9-16)10-17-11-15-4-2-6-18(21(15)30-17)19-7-8-28(13-27-19)12-20(26)29/h1-9,11H,10,12-13H2,(H2,26,29). The molecule has 0 saturated carbocycles. The van der Waals surface area contributed by atoms with Crippen molar-refractivity contribution in [1.29, 1.82) is 0 Å². The van der Waals surface area contributed by atoms with Crippen LogP contribution < -0.4 is 5.73 Å². The Labute approximate surface area is 175 Å². The Morgan fingerprint density at radius 3 is 2.67 bits per heavy atom. The van der Waals surface area contributed by atoms with Crippen LogP contribution in [0.5, 0.6) is 0 Å². The molecule has 4 nitrogen and oxygen atoms in total. The van der Waals surface area contributed by atoms with Crippen LogP contribution in [-0.4, -0.2) is 29.7 Å². The predicted octanol–water partition coefficient (Wildman–Crippen LogP) is 4.57. The van der Waals surface area contributed by atoms with Gasteiger partial charge in [0.2, 0.25) is 5.91 Å². The van der Waals surface area contributed by atoms with Gasteiger partial charge in [-0.3, -0.25) is 9.79 Å². The maximum atomic E-state index is 13.0. The number of thiophene rings is 1. The van der Waals surface area contributed by atoms with Gasteiger partial charge in [0.05, 0.1) is 17.8 Å². The SMILES string of the molecule is NC(=O)CN1C=CC(c2cccc3cc(Cc4cccc(C(F)(F)F)c4)sc23)=NC1. The highest BCUT2D eigenvalue weighted by molar-refractivity contribution is 7.19. The van der Waals surface area contributed by atoms with Crippen LogP contribution in [0.3, 0.4) is 0 Å². The van der Waals surface area contributed by atoms with Crippen LogP contribution in [0.25, 0.3) is 10.1 Å². The smallest absolute Gasteiger partial charge is 0.368 e. The van der Waals surface area contributed by atoms with Crippen LogP contribution >= 0.6 is 11.3 Å². The van der Waals surface area contributed by atoms with Crippen LogP contribution in [-0.2, 0) is 17.4 Å². The van der Waals surface area contributed by atoms with Gasteiger partial charge in [-0.15, -0.1) is 11.3 Å². The van der Waals surface area contributed by atoms with Crippen molar-refractivity contribution in [3.05, 3.63) is 82.4 Å². The van der Waals surface area contributed by atoms with E-state index in [-0.39, 0.29) is 6.54 Å². The number of benzene rings is 2. The minimum atomic E-state index is -4.35. The van der Waals surface area contributed by atoms with E-state index in [1.165, 1.54) is 12.1 Å². The van der Waals surface area contributed by atoms with Crippen molar-refractivity contribution in [1.82, 2.24) is 4.90 Å². The van der Waals surface area contributed by atoms with E-state index in [9.17, 15) is 18.0 Å². The third-order valence-corrected chi connectivity index (χ3v) is 5.91. The summed E-state index contributed by atoms with van der Waals surface area (Å²) in [5.41, 5.74) is 6.96. The lowest BCUT2D eigenvalue weighted by atomic mass is 10.1. The lowest BCUT2D eigenvalue weighted by molar-refractivity contribution is -0.137. The number of hydrogen-bond acceptors (Lipinski definition) is 4. The number of carbonyl (C=O) groups is 1. The van der Waals surface area contributed by atoms with Gasteiger partial charge >= 0.3 is 6.18 Å². The number of rotatable bonds is 5. The van der Waals surface area contributed by atoms with Gasteiger partial charge in [0.15, 0.2) is 0 Å². The van der Waals surface area contributed by atoms with E-state index in [0.29, 0.717) is 18.7 Å². The molecule has 0 saturated heterocycles. The number of allylic oxidation sites excluding steroid dienone is 1. The third kappa shape index (κ3) is 4.38. The van der Waals surface area contributed by atoms with Gasteiger partial charge in [-0.05, 0) is 29.2 Å². The van der Waals surface area contributed by atoms with Crippen LogP contribution in [0.1, 0.15) is 21.6 Å². The Balaban J connectivity index is 1.60. The Kier molecular flexibility index (Phi) is 5.34. The zero-order valence-electron chi connectivity index (χ0n) is 15.8. The number of carbonyl (C=O) groups excluding carboxylic acids is 1. The highest BCUT2D eigenvalue weighted by Crippen LogP contribution is 2.33. The third-order valence-electron chi connectivity index (χ3n) is 4.73. The fourth-order valence-corrected chi connectivity index (χ4v) is 4.60. The first-order chi connectivity index (χ1) is 14.3. The quantitative estimate of drug-likeness (QED) is 0.646. The largest absolute Gasteiger partial charge is 0.416 e. The molecule has 154 valence electrons. The van der Waals surface area contributed by atoms with Gasteiger partial charge in [-0.25, -0.2) is 0 Å². The second-order valence-electron chi connectivity index (χ2n) is 7.03. The van der Waals surface area contributed by atoms with E-state index in [2.05, 4.69) is 4.99 Å². The highest BCUT2D eigenvalue weighted by Gasteiger charge is 2.30. The molecule has 2 N–H and O–H groups in total. The van der Waals surface area contributed by atoms with E-state index in [1.54, 1.807) is 28.5 Å². The Morgan fingerprint density at radius 2 is 1.97 bits per heavy atom. The molecule has 0 atom stereocenters. The van der Waals surface area contributed by atoms with E-state index < -0.39 is 17.6 Å². The molecule has 8 heteroatoms. The van der Waals surface area contributed by atoms with E-state index in [0.717, 1.165) is 32.3 Å². The number of primary amides is 1. The summed E-state index contributed by atoms with van der Waals surface area (Å²) in [4.78, 5) is 18.3. The maximum absolute atomic E-state index is 13.0. The summed E-state index contributed by atoms with van der Waals surface area (Å²) < 4.78 is 40.0. The van der Waals surface area contributed by atoms with Crippen LogP contribution in [0, 0.1) is 0 Å². The van der Waals surface area contributed by atoms with Crippen molar-refractivity contribution in [2.45, 2.75) is 12.6 Å². The first-order valence-electron chi connectivity index (χ1n) is 9.22. The van der Waals surface area contributed by atoms with E-state index in [4.69, 9.17) is 5.73 Å². The summed E-state index contributed by atoms with van der Waals surface area (Å²) >= 11 is 1.55. The lowest BCUT2D eigenvalue weighted by Crippen LogP contribution is -2.32. The molecule has 1 aliphatic heterocycles. The molecule has 2 aromatic carbocycles. The molecule has 1 aliphatic rings. The van der Waals surface area contributed by atoms with Crippen molar-refractivity contribution in [3.8, 4) is 0 Å². The molecule has 0 aliphatic carbocycles. The average Bonchev–Trinajstić information content (AvgIpc) is 3.10. The van der Waals surface area contributed by atoms with Crippen molar-refractivity contribution < 1.29 is 18.0 Å². The molecule has 0 bridgehead atoms. The summed E-state index contributed by atoms with van der Waals surface area (Å²) in [5, 5.41) is 1.02. The highest BCUT2D eigenvalue weighted by atomic mass is 32.1. The van der Waals surface area contributed by atoms with Crippen LogP contribution in [0.4, 0.5) is 13.2 Å². The summed E-state index contributed by atoms with van der Waals surface area (Å²) in [6.45, 7) is 0.450. The molecule has 0 fully saturated rings. The van der Waals surface area contributed by atoms with E-state index in [1.807, 2.05) is 30.3 Å². The molecular weight excluding hydrogens is 411 g/mol. The van der Waals surface area contributed by atoms with Gasteiger partial charge in [-0.1, -0.05) is 36.4 Å². The summed E-state index contributed by atoms with van der Waals surface area (Å²) in [6, 6.07) is 13.3. The second-order valence-corrected chi connectivity index (χ2v) is 8.16. The van der Waals surface area contributed by atoms with Crippen molar-refractivity contribution >= 4 is 33.0 Å². The minimum Gasteiger partial charge on any atom is -0.368 e. The molecule has 3 aromatic rings. The van der Waals surface area contributed by atoms with E-state index >= 15 is 0 Å². The minimum absolute atomic E-state index is 0.109. The number of amides is 1. The first-order valence-corrected chi connectivity index (χ1v) is 10.0. The number of alkyl halides is 3. The second kappa shape index (κ2) is 7.95. The summed E-state index contributed by atoms with van der Waals surface area (Å²) in [7, 11) is 0. The van der Waals surface area contributed by atoms with Gasteiger partial charge in [0.25, 0.3) is 0 Å². The fourth-order valence-electron chi connectivity index (χ4n) is 3.38. The van der Waals surface area contributed by atoms with Gasteiger partial charge < -0.3 is 10.6 Å². The molecule has 4 rings (SSSR count). The number of aliphatic imine (C=N–C) groups is 1. The molecule has 30 heavy (non-hydrogen) atoms. The normalized spacial score (nSPS) is 14.2. The average molecular weight is 429 g/mol. The number of nitrogens with two attached hydrogens (primary N) is 1. The summed E-state index contributed by atoms with van der Waals surface area (Å²) in [6.07, 6.45) is -0.287.